The Kier molecular flexibility index (Phi) is 6.85. The van der Waals surface area contributed by atoms with Gasteiger partial charge in [-0.3, -0.25) is 14.4 Å². The molecule has 0 fully saturated rings. The Hall–Kier alpha value is -3.61. The highest BCUT2D eigenvalue weighted by Gasteiger charge is 2.18. The lowest BCUT2D eigenvalue weighted by Gasteiger charge is -2.08. The Morgan fingerprint density at radius 3 is 2.53 bits per heavy atom. The fraction of sp³-hybridized carbons (Fsp3) is 0.261. The maximum absolute atomic E-state index is 12.5. The second kappa shape index (κ2) is 9.73. The number of nitrogens with zero attached hydrogens (tertiary/aromatic N) is 1. The predicted octanol–water partition coefficient (Wildman–Crippen LogP) is 2.83. The predicted molar refractivity (Wildman–Crippen MR) is 110 cm³/mol. The normalized spacial score (nSPS) is 10.6. The number of furan rings is 1. The molecule has 7 heteroatoms. The summed E-state index contributed by atoms with van der Waals surface area (Å²) in [4.78, 5) is 36.3. The molecule has 1 N–H and O–H groups in total. The first-order chi connectivity index (χ1) is 14.4. The molecule has 1 aromatic carbocycles. The molecule has 0 aliphatic heterocycles. The molecule has 0 aliphatic carbocycles. The summed E-state index contributed by atoms with van der Waals surface area (Å²) >= 11 is 0. The molecule has 0 unspecified atom stereocenters. The first-order valence-electron chi connectivity index (χ1n) is 9.62. The van der Waals surface area contributed by atoms with Crippen LogP contribution in [0.25, 0.3) is 0 Å². The third-order valence-electron chi connectivity index (χ3n) is 4.77. The van der Waals surface area contributed by atoms with Crippen LogP contribution in [0.3, 0.4) is 0 Å². The third-order valence-corrected chi connectivity index (χ3v) is 4.77. The van der Waals surface area contributed by atoms with E-state index < -0.39 is 5.97 Å². The molecule has 0 atom stereocenters. The van der Waals surface area contributed by atoms with Gasteiger partial charge in [0, 0.05) is 17.0 Å². The fourth-order valence-corrected chi connectivity index (χ4v) is 3.17. The van der Waals surface area contributed by atoms with Gasteiger partial charge in [-0.2, -0.15) is 0 Å². The molecular weight excluding hydrogens is 384 g/mol. The molecule has 2 heterocycles. The Morgan fingerprint density at radius 2 is 1.83 bits per heavy atom. The van der Waals surface area contributed by atoms with E-state index in [1.54, 1.807) is 12.3 Å². The lowest BCUT2D eigenvalue weighted by Crippen LogP contribution is -2.32. The molecule has 0 saturated carbocycles. The molecule has 3 rings (SSSR count). The Balaban J connectivity index is 1.48. The smallest absolute Gasteiger partial charge is 0.325 e. The zero-order chi connectivity index (χ0) is 21.5. The summed E-state index contributed by atoms with van der Waals surface area (Å²) in [5, 5.41) is 2.50. The van der Waals surface area contributed by atoms with Crippen LogP contribution in [0.4, 0.5) is 0 Å². The van der Waals surface area contributed by atoms with Crippen LogP contribution < -0.4 is 5.32 Å². The van der Waals surface area contributed by atoms with Crippen molar-refractivity contribution in [2.45, 2.75) is 26.8 Å². The summed E-state index contributed by atoms with van der Waals surface area (Å²) in [6, 6.07) is 14.7. The first-order valence-corrected chi connectivity index (χ1v) is 9.62. The lowest BCUT2D eigenvalue weighted by atomic mass is 10.1. The van der Waals surface area contributed by atoms with Gasteiger partial charge in [-0.05, 0) is 37.6 Å². The summed E-state index contributed by atoms with van der Waals surface area (Å²) in [5.41, 5.74) is 3.04. The second-order valence-electron chi connectivity index (χ2n) is 6.97. The van der Waals surface area contributed by atoms with E-state index in [4.69, 9.17) is 9.15 Å². The van der Waals surface area contributed by atoms with Gasteiger partial charge in [-0.15, -0.1) is 0 Å². The van der Waals surface area contributed by atoms with Crippen LogP contribution in [0, 0.1) is 13.8 Å². The number of carbonyl (C=O) groups excluding carboxylic acids is 3. The standard InChI is InChI=1S/C23H24N2O5/c1-16-11-20(17(2)25(16)14-19-9-6-10-29-19)21(26)15-30-23(28)13-24-22(27)12-18-7-4-3-5-8-18/h3-11H,12-15H2,1-2H3,(H,24,27). The van der Waals surface area contributed by atoms with E-state index >= 15 is 0 Å². The highest BCUT2D eigenvalue weighted by Crippen LogP contribution is 2.18. The topological polar surface area (TPSA) is 90.5 Å². The van der Waals surface area contributed by atoms with Crippen LogP contribution in [0.1, 0.15) is 33.1 Å². The van der Waals surface area contributed by atoms with Crippen molar-refractivity contribution >= 4 is 17.7 Å². The zero-order valence-corrected chi connectivity index (χ0v) is 17.0. The number of ketones is 1. The van der Waals surface area contributed by atoms with Crippen molar-refractivity contribution < 1.29 is 23.5 Å². The minimum atomic E-state index is -0.658. The molecule has 0 radical (unpaired) electrons. The summed E-state index contributed by atoms with van der Waals surface area (Å²) in [7, 11) is 0. The fourth-order valence-electron chi connectivity index (χ4n) is 3.17. The monoisotopic (exact) mass is 408 g/mol. The number of carbonyl (C=O) groups is 3. The molecule has 0 aliphatic rings. The minimum absolute atomic E-state index is 0.175. The van der Waals surface area contributed by atoms with Gasteiger partial charge < -0.3 is 19.0 Å². The van der Waals surface area contributed by atoms with Crippen LogP contribution in [-0.2, 0) is 27.3 Å². The number of ether oxygens (including phenoxy) is 1. The van der Waals surface area contributed by atoms with Crippen molar-refractivity contribution in [2.75, 3.05) is 13.2 Å². The molecule has 0 spiro atoms. The average Bonchev–Trinajstić information content (AvgIpc) is 3.35. The Morgan fingerprint density at radius 1 is 1.07 bits per heavy atom. The van der Waals surface area contributed by atoms with Gasteiger partial charge in [0.2, 0.25) is 11.7 Å². The van der Waals surface area contributed by atoms with E-state index in [9.17, 15) is 14.4 Å². The second-order valence-corrected chi connectivity index (χ2v) is 6.97. The highest BCUT2D eigenvalue weighted by atomic mass is 16.5. The van der Waals surface area contributed by atoms with Gasteiger partial charge in [-0.1, -0.05) is 30.3 Å². The number of amides is 1. The van der Waals surface area contributed by atoms with Crippen molar-refractivity contribution in [2.24, 2.45) is 0 Å². The number of hydrogen-bond acceptors (Lipinski definition) is 5. The Labute approximate surface area is 174 Å². The number of aryl methyl sites for hydroxylation is 1. The van der Waals surface area contributed by atoms with Crippen LogP contribution >= 0.6 is 0 Å². The molecule has 0 bridgehead atoms. The number of Topliss-reactive ketones (excluding diaryl/α,β-unsaturated/α-hetero) is 1. The number of nitrogens with one attached hydrogen (secondary N) is 1. The molecule has 7 nitrogen and oxygen atoms in total. The van der Waals surface area contributed by atoms with E-state index in [0.717, 1.165) is 22.7 Å². The number of aromatic nitrogens is 1. The maximum Gasteiger partial charge on any atom is 0.325 e. The van der Waals surface area contributed by atoms with Crippen molar-refractivity contribution in [3.63, 3.8) is 0 Å². The summed E-state index contributed by atoms with van der Waals surface area (Å²) < 4.78 is 12.4. The van der Waals surface area contributed by atoms with Gasteiger partial charge >= 0.3 is 5.97 Å². The van der Waals surface area contributed by atoms with Crippen LogP contribution in [0.5, 0.6) is 0 Å². The molecule has 30 heavy (non-hydrogen) atoms. The van der Waals surface area contributed by atoms with Gasteiger partial charge in [0.1, 0.15) is 12.3 Å². The number of hydrogen-bond donors (Lipinski definition) is 1. The SMILES string of the molecule is Cc1cc(C(=O)COC(=O)CNC(=O)Cc2ccccc2)c(C)n1Cc1ccco1. The molecule has 0 saturated heterocycles. The van der Waals surface area contributed by atoms with E-state index in [1.165, 1.54) is 0 Å². The highest BCUT2D eigenvalue weighted by molar-refractivity contribution is 5.99. The van der Waals surface area contributed by atoms with Crippen molar-refractivity contribution in [3.8, 4) is 0 Å². The summed E-state index contributed by atoms with van der Waals surface area (Å²) in [5.74, 6) is -0.452. The van der Waals surface area contributed by atoms with Gasteiger partial charge in [0.05, 0.1) is 19.2 Å². The molecule has 3 aromatic rings. The lowest BCUT2D eigenvalue weighted by molar-refractivity contribution is -0.142. The molecule has 156 valence electrons. The number of benzene rings is 1. The third kappa shape index (κ3) is 5.47. The summed E-state index contributed by atoms with van der Waals surface area (Å²) in [6.45, 7) is 3.61. The number of esters is 1. The van der Waals surface area contributed by atoms with Gasteiger partial charge in [0.15, 0.2) is 6.61 Å². The van der Waals surface area contributed by atoms with Crippen molar-refractivity contribution in [3.05, 3.63) is 83.1 Å². The van der Waals surface area contributed by atoms with E-state index in [0.29, 0.717) is 12.1 Å². The molecule has 2 aromatic heterocycles. The number of rotatable bonds is 9. The van der Waals surface area contributed by atoms with Crippen molar-refractivity contribution in [1.29, 1.82) is 0 Å². The Bertz CT molecular complexity index is 1020. The quantitative estimate of drug-likeness (QED) is 0.434. The molecular formula is C23H24N2O5. The van der Waals surface area contributed by atoms with E-state index in [-0.39, 0.29) is 31.3 Å². The maximum atomic E-state index is 12.5. The van der Waals surface area contributed by atoms with E-state index in [2.05, 4.69) is 5.32 Å². The largest absolute Gasteiger partial charge is 0.467 e. The van der Waals surface area contributed by atoms with E-state index in [1.807, 2.05) is 60.9 Å². The van der Waals surface area contributed by atoms with Crippen molar-refractivity contribution in [1.82, 2.24) is 9.88 Å². The first kappa shape index (κ1) is 21.1. The molecule has 1 amide bonds. The van der Waals surface area contributed by atoms with Crippen LogP contribution in [-0.4, -0.2) is 35.4 Å². The van der Waals surface area contributed by atoms with Gasteiger partial charge in [0.25, 0.3) is 0 Å². The van der Waals surface area contributed by atoms with Crippen LogP contribution in [0.15, 0.2) is 59.2 Å². The zero-order valence-electron chi connectivity index (χ0n) is 17.0. The minimum Gasteiger partial charge on any atom is -0.467 e. The average molecular weight is 408 g/mol. The van der Waals surface area contributed by atoms with Crippen LogP contribution in [0.2, 0.25) is 0 Å². The summed E-state index contributed by atoms with van der Waals surface area (Å²) in [6.07, 6.45) is 1.78. The van der Waals surface area contributed by atoms with Gasteiger partial charge in [-0.25, -0.2) is 0 Å².